The van der Waals surface area contributed by atoms with Gasteiger partial charge in [0.05, 0.1) is 10.6 Å². The minimum atomic E-state index is -1.15. The van der Waals surface area contributed by atoms with Gasteiger partial charge >= 0.3 is 5.97 Å². The van der Waals surface area contributed by atoms with E-state index in [1.165, 1.54) is 30.3 Å². The standard InChI is InChI=1S/C13H9ClFNO3/c14-10-6-8(1-3-11(10)15)19-7-2-4-12(16)9(5-7)13(17)18/h1-6H,16H2,(H,17,18). The molecule has 0 atom stereocenters. The molecule has 2 aromatic rings. The molecule has 0 radical (unpaired) electrons. The number of benzene rings is 2. The van der Waals surface area contributed by atoms with Gasteiger partial charge in [-0.05, 0) is 30.3 Å². The summed E-state index contributed by atoms with van der Waals surface area (Å²) in [7, 11) is 0. The Balaban J connectivity index is 2.30. The molecule has 0 amide bonds. The molecule has 4 nitrogen and oxygen atoms in total. The smallest absolute Gasteiger partial charge is 0.337 e. The number of ether oxygens (including phenoxy) is 1. The molecular weight excluding hydrogens is 273 g/mol. The van der Waals surface area contributed by atoms with Crippen LogP contribution in [0.4, 0.5) is 10.1 Å². The summed E-state index contributed by atoms with van der Waals surface area (Å²) in [5, 5.41) is 8.85. The van der Waals surface area contributed by atoms with Crippen molar-refractivity contribution < 1.29 is 19.0 Å². The average Bonchev–Trinajstić information content (AvgIpc) is 2.36. The largest absolute Gasteiger partial charge is 0.478 e. The van der Waals surface area contributed by atoms with Gasteiger partial charge in [-0.25, -0.2) is 9.18 Å². The molecule has 6 heteroatoms. The van der Waals surface area contributed by atoms with Gasteiger partial charge in [-0.15, -0.1) is 0 Å². The maximum Gasteiger partial charge on any atom is 0.337 e. The van der Waals surface area contributed by atoms with Crippen LogP contribution < -0.4 is 10.5 Å². The first-order chi connectivity index (χ1) is 8.97. The number of hydrogen-bond donors (Lipinski definition) is 2. The Morgan fingerprint density at radius 3 is 2.47 bits per heavy atom. The van der Waals surface area contributed by atoms with E-state index in [4.69, 9.17) is 27.2 Å². The van der Waals surface area contributed by atoms with Gasteiger partial charge in [-0.2, -0.15) is 0 Å². The number of nitrogen functional groups attached to an aromatic ring is 1. The third-order valence-corrected chi connectivity index (χ3v) is 2.67. The number of carboxylic acids is 1. The quantitative estimate of drug-likeness (QED) is 0.844. The lowest BCUT2D eigenvalue weighted by Gasteiger charge is -2.08. The Bertz CT molecular complexity index is 646. The van der Waals surface area contributed by atoms with E-state index in [1.807, 2.05) is 0 Å². The van der Waals surface area contributed by atoms with E-state index >= 15 is 0 Å². The van der Waals surface area contributed by atoms with Gasteiger partial charge in [-0.3, -0.25) is 0 Å². The minimum absolute atomic E-state index is 0.0642. The molecule has 0 saturated carbocycles. The maximum atomic E-state index is 13.0. The van der Waals surface area contributed by atoms with E-state index in [0.717, 1.165) is 6.07 Å². The third kappa shape index (κ3) is 2.95. The van der Waals surface area contributed by atoms with Gasteiger partial charge in [0, 0.05) is 11.8 Å². The lowest BCUT2D eigenvalue weighted by Crippen LogP contribution is -2.02. The van der Waals surface area contributed by atoms with Gasteiger partial charge in [0.2, 0.25) is 0 Å². The molecule has 0 aliphatic heterocycles. The Kier molecular flexibility index (Phi) is 3.57. The molecule has 98 valence electrons. The fourth-order valence-corrected chi connectivity index (χ4v) is 1.63. The highest BCUT2D eigenvalue weighted by atomic mass is 35.5. The van der Waals surface area contributed by atoms with E-state index in [9.17, 15) is 9.18 Å². The summed E-state index contributed by atoms with van der Waals surface area (Å²) in [5.41, 5.74) is 5.59. The van der Waals surface area contributed by atoms with Crippen molar-refractivity contribution in [3.8, 4) is 11.5 Å². The summed E-state index contributed by atoms with van der Waals surface area (Å²) < 4.78 is 18.4. The minimum Gasteiger partial charge on any atom is -0.478 e. The molecule has 19 heavy (non-hydrogen) atoms. The predicted octanol–water partition coefficient (Wildman–Crippen LogP) is 3.55. The zero-order valence-corrected chi connectivity index (χ0v) is 10.3. The molecule has 2 aromatic carbocycles. The predicted molar refractivity (Wildman–Crippen MR) is 69.3 cm³/mol. The second-order valence-corrected chi connectivity index (χ2v) is 4.14. The van der Waals surface area contributed by atoms with Gasteiger partial charge in [0.1, 0.15) is 17.3 Å². The zero-order valence-electron chi connectivity index (χ0n) is 9.56. The average molecular weight is 282 g/mol. The van der Waals surface area contributed by atoms with Crippen molar-refractivity contribution >= 4 is 23.3 Å². The Hall–Kier alpha value is -2.27. The van der Waals surface area contributed by atoms with Gasteiger partial charge in [0.25, 0.3) is 0 Å². The molecule has 0 aromatic heterocycles. The van der Waals surface area contributed by atoms with Gasteiger partial charge in [-0.1, -0.05) is 11.6 Å². The Morgan fingerprint density at radius 2 is 1.84 bits per heavy atom. The lowest BCUT2D eigenvalue weighted by molar-refractivity contribution is 0.0697. The number of aromatic carboxylic acids is 1. The van der Waals surface area contributed by atoms with Gasteiger partial charge < -0.3 is 15.6 Å². The molecule has 0 fully saturated rings. The zero-order chi connectivity index (χ0) is 14.0. The molecule has 2 rings (SSSR count). The fourth-order valence-electron chi connectivity index (χ4n) is 1.46. The van der Waals surface area contributed by atoms with E-state index in [2.05, 4.69) is 0 Å². The SMILES string of the molecule is Nc1ccc(Oc2ccc(F)c(Cl)c2)cc1C(=O)O. The molecule has 0 heterocycles. The maximum absolute atomic E-state index is 13.0. The highest BCUT2D eigenvalue weighted by Crippen LogP contribution is 2.28. The van der Waals surface area contributed by atoms with E-state index < -0.39 is 11.8 Å². The number of nitrogens with two attached hydrogens (primary N) is 1. The molecule has 0 spiro atoms. The first kappa shape index (κ1) is 13.2. The summed E-state index contributed by atoms with van der Waals surface area (Å²) in [4.78, 5) is 10.9. The topological polar surface area (TPSA) is 72.5 Å². The van der Waals surface area contributed by atoms with E-state index in [-0.39, 0.29) is 22.0 Å². The summed E-state index contributed by atoms with van der Waals surface area (Å²) >= 11 is 5.62. The van der Waals surface area contributed by atoms with Crippen LogP contribution in [0.3, 0.4) is 0 Å². The van der Waals surface area contributed by atoms with Crippen molar-refractivity contribution in [1.82, 2.24) is 0 Å². The second-order valence-electron chi connectivity index (χ2n) is 3.73. The molecule has 0 saturated heterocycles. The summed E-state index contributed by atoms with van der Waals surface area (Å²) in [6.07, 6.45) is 0. The first-order valence-electron chi connectivity index (χ1n) is 5.23. The molecule has 0 bridgehead atoms. The van der Waals surface area contributed by atoms with Crippen molar-refractivity contribution in [1.29, 1.82) is 0 Å². The van der Waals surface area contributed by atoms with Crippen LogP contribution in [0.25, 0.3) is 0 Å². The molecule has 0 aliphatic carbocycles. The number of halogens is 2. The second kappa shape index (κ2) is 5.16. The molecule has 0 unspecified atom stereocenters. The molecular formula is C13H9ClFNO3. The summed E-state index contributed by atoms with van der Waals surface area (Å²) in [6.45, 7) is 0. The van der Waals surface area contributed by atoms with Crippen LogP contribution in [-0.2, 0) is 0 Å². The highest BCUT2D eigenvalue weighted by Gasteiger charge is 2.10. The number of carboxylic acid groups (broad SMARTS) is 1. The van der Waals surface area contributed by atoms with Crippen LogP contribution >= 0.6 is 11.6 Å². The van der Waals surface area contributed by atoms with Crippen LogP contribution in [0.2, 0.25) is 5.02 Å². The third-order valence-electron chi connectivity index (χ3n) is 2.38. The van der Waals surface area contributed by atoms with Crippen LogP contribution in [-0.4, -0.2) is 11.1 Å². The Labute approximate surface area is 113 Å². The van der Waals surface area contributed by atoms with Crippen molar-refractivity contribution in [2.75, 3.05) is 5.73 Å². The van der Waals surface area contributed by atoms with Crippen molar-refractivity contribution in [2.45, 2.75) is 0 Å². The highest BCUT2D eigenvalue weighted by molar-refractivity contribution is 6.30. The number of rotatable bonds is 3. The number of carbonyl (C=O) groups is 1. The fraction of sp³-hybridized carbons (Fsp3) is 0. The monoisotopic (exact) mass is 281 g/mol. The lowest BCUT2D eigenvalue weighted by atomic mass is 10.2. The first-order valence-corrected chi connectivity index (χ1v) is 5.61. The van der Waals surface area contributed by atoms with Crippen LogP contribution in [0.15, 0.2) is 36.4 Å². The summed E-state index contributed by atoms with van der Waals surface area (Å²) in [5.74, 6) is -1.14. The van der Waals surface area contributed by atoms with Crippen molar-refractivity contribution in [3.63, 3.8) is 0 Å². The molecule has 0 aliphatic rings. The number of hydrogen-bond acceptors (Lipinski definition) is 3. The van der Waals surface area contributed by atoms with Crippen molar-refractivity contribution in [3.05, 3.63) is 52.8 Å². The normalized spacial score (nSPS) is 10.2. The Morgan fingerprint density at radius 1 is 1.21 bits per heavy atom. The van der Waals surface area contributed by atoms with Crippen molar-refractivity contribution in [2.24, 2.45) is 0 Å². The molecule has 3 N–H and O–H groups in total. The van der Waals surface area contributed by atoms with Crippen LogP contribution in [0, 0.1) is 5.82 Å². The van der Waals surface area contributed by atoms with Crippen LogP contribution in [0.5, 0.6) is 11.5 Å². The van der Waals surface area contributed by atoms with Gasteiger partial charge in [0.15, 0.2) is 0 Å². The van der Waals surface area contributed by atoms with Crippen LogP contribution in [0.1, 0.15) is 10.4 Å². The van der Waals surface area contributed by atoms with E-state index in [1.54, 1.807) is 0 Å². The summed E-state index contributed by atoms with van der Waals surface area (Å²) in [6, 6.07) is 8.07. The van der Waals surface area contributed by atoms with E-state index in [0.29, 0.717) is 5.75 Å². The number of anilines is 1.